The Balaban J connectivity index is 1.28. The Kier molecular flexibility index (Phi) is 7.27. The summed E-state index contributed by atoms with van der Waals surface area (Å²) in [5, 5.41) is 0. The van der Waals surface area contributed by atoms with Crippen LogP contribution < -0.4 is 4.74 Å². The number of amides is 3. The first-order chi connectivity index (χ1) is 16.0. The smallest absolute Gasteiger partial charge is 0.253 e. The fraction of sp³-hybridized carbons (Fsp3) is 0.423. The molecule has 33 heavy (non-hydrogen) atoms. The Bertz CT molecular complexity index is 969. The molecular weight excluding hydrogens is 418 g/mol. The van der Waals surface area contributed by atoms with Gasteiger partial charge in [-0.15, -0.1) is 0 Å². The van der Waals surface area contributed by atoms with Gasteiger partial charge in [0, 0.05) is 51.3 Å². The van der Waals surface area contributed by atoms with Gasteiger partial charge < -0.3 is 19.4 Å². The van der Waals surface area contributed by atoms with Crippen molar-refractivity contribution in [1.82, 2.24) is 14.7 Å². The molecule has 0 aliphatic carbocycles. The molecule has 3 amide bonds. The van der Waals surface area contributed by atoms with E-state index in [1.807, 2.05) is 28.0 Å². The fourth-order valence-electron chi connectivity index (χ4n) is 4.55. The number of ether oxygens (including phenoxy) is 1. The summed E-state index contributed by atoms with van der Waals surface area (Å²) in [6.45, 7) is 3.19. The summed E-state index contributed by atoms with van der Waals surface area (Å²) in [5.41, 5.74) is 1.81. The van der Waals surface area contributed by atoms with Crippen molar-refractivity contribution in [3.63, 3.8) is 0 Å². The van der Waals surface area contributed by atoms with Crippen LogP contribution in [0, 0.1) is 5.92 Å². The first-order valence-corrected chi connectivity index (χ1v) is 11.6. The zero-order valence-electron chi connectivity index (χ0n) is 19.1. The monoisotopic (exact) mass is 449 g/mol. The SMILES string of the molecule is COc1ccc(C(=O)N2CCN(C(=O)[C@@H]3CCC(=O)N(CCc4ccccc4)C3)CC2)cc1. The molecule has 0 bridgehead atoms. The molecule has 2 aliphatic rings. The van der Waals surface area contributed by atoms with Gasteiger partial charge in [0.1, 0.15) is 5.75 Å². The predicted octanol–water partition coefficient (Wildman–Crippen LogP) is 2.46. The highest BCUT2D eigenvalue weighted by molar-refractivity contribution is 5.94. The molecule has 4 rings (SSSR count). The number of benzene rings is 2. The van der Waals surface area contributed by atoms with E-state index in [-0.39, 0.29) is 23.6 Å². The quantitative estimate of drug-likeness (QED) is 0.679. The minimum Gasteiger partial charge on any atom is -0.497 e. The van der Waals surface area contributed by atoms with Crippen LogP contribution in [0.15, 0.2) is 54.6 Å². The lowest BCUT2D eigenvalue weighted by atomic mass is 9.95. The van der Waals surface area contributed by atoms with Gasteiger partial charge in [-0.25, -0.2) is 0 Å². The van der Waals surface area contributed by atoms with Crippen LogP contribution in [0.3, 0.4) is 0 Å². The second-order valence-electron chi connectivity index (χ2n) is 8.66. The summed E-state index contributed by atoms with van der Waals surface area (Å²) in [7, 11) is 1.60. The number of nitrogens with zero attached hydrogens (tertiary/aromatic N) is 3. The number of rotatable bonds is 6. The van der Waals surface area contributed by atoms with Crippen LogP contribution in [0.1, 0.15) is 28.8 Å². The van der Waals surface area contributed by atoms with E-state index in [0.29, 0.717) is 63.4 Å². The van der Waals surface area contributed by atoms with Crippen molar-refractivity contribution in [1.29, 1.82) is 0 Å². The average molecular weight is 450 g/mol. The van der Waals surface area contributed by atoms with E-state index >= 15 is 0 Å². The fourth-order valence-corrected chi connectivity index (χ4v) is 4.55. The Hall–Kier alpha value is -3.35. The number of hydrogen-bond donors (Lipinski definition) is 0. The number of methoxy groups -OCH3 is 1. The molecule has 2 heterocycles. The number of carbonyl (C=O) groups is 3. The maximum absolute atomic E-state index is 13.2. The van der Waals surface area contributed by atoms with Crippen molar-refractivity contribution in [3.05, 3.63) is 65.7 Å². The summed E-state index contributed by atoms with van der Waals surface area (Å²) in [6.07, 6.45) is 1.81. The Labute approximate surface area is 194 Å². The lowest BCUT2D eigenvalue weighted by Crippen LogP contribution is -2.54. The average Bonchev–Trinajstić information content (AvgIpc) is 2.88. The van der Waals surface area contributed by atoms with Crippen molar-refractivity contribution in [2.24, 2.45) is 5.92 Å². The summed E-state index contributed by atoms with van der Waals surface area (Å²) < 4.78 is 5.15. The van der Waals surface area contributed by atoms with Crippen molar-refractivity contribution >= 4 is 17.7 Å². The van der Waals surface area contributed by atoms with Gasteiger partial charge in [0.05, 0.1) is 13.0 Å². The van der Waals surface area contributed by atoms with E-state index in [9.17, 15) is 14.4 Å². The maximum atomic E-state index is 13.2. The molecule has 2 saturated heterocycles. The minimum absolute atomic E-state index is 0.0277. The molecule has 0 spiro atoms. The van der Waals surface area contributed by atoms with Crippen molar-refractivity contribution in [2.75, 3.05) is 46.4 Å². The third-order valence-electron chi connectivity index (χ3n) is 6.58. The molecule has 2 aromatic rings. The van der Waals surface area contributed by atoms with E-state index in [0.717, 1.165) is 6.42 Å². The lowest BCUT2D eigenvalue weighted by molar-refractivity contribution is -0.144. The summed E-state index contributed by atoms with van der Waals surface area (Å²) in [5.74, 6) is 0.752. The minimum atomic E-state index is -0.165. The van der Waals surface area contributed by atoms with Crippen LogP contribution in [0.2, 0.25) is 0 Å². The largest absolute Gasteiger partial charge is 0.497 e. The molecule has 0 aromatic heterocycles. The molecule has 7 nitrogen and oxygen atoms in total. The summed E-state index contributed by atoms with van der Waals surface area (Å²) >= 11 is 0. The van der Waals surface area contributed by atoms with Gasteiger partial charge in [-0.05, 0) is 42.7 Å². The van der Waals surface area contributed by atoms with Gasteiger partial charge in [-0.3, -0.25) is 14.4 Å². The van der Waals surface area contributed by atoms with E-state index in [4.69, 9.17) is 4.74 Å². The maximum Gasteiger partial charge on any atom is 0.253 e. The molecule has 2 aromatic carbocycles. The number of hydrogen-bond acceptors (Lipinski definition) is 4. The van der Waals surface area contributed by atoms with Crippen molar-refractivity contribution in [2.45, 2.75) is 19.3 Å². The third-order valence-corrected chi connectivity index (χ3v) is 6.58. The van der Waals surface area contributed by atoms with E-state index in [1.165, 1.54) is 5.56 Å². The number of likely N-dealkylation sites (tertiary alicyclic amines) is 1. The number of piperazine rings is 1. The van der Waals surface area contributed by atoms with Crippen molar-refractivity contribution < 1.29 is 19.1 Å². The van der Waals surface area contributed by atoms with Gasteiger partial charge in [0.15, 0.2) is 0 Å². The molecule has 2 aliphatic heterocycles. The highest BCUT2D eigenvalue weighted by atomic mass is 16.5. The van der Waals surface area contributed by atoms with Gasteiger partial charge in [0.25, 0.3) is 5.91 Å². The Morgan fingerprint density at radius 3 is 2.27 bits per heavy atom. The predicted molar refractivity (Wildman–Crippen MR) is 125 cm³/mol. The molecule has 2 fully saturated rings. The Morgan fingerprint density at radius 2 is 1.61 bits per heavy atom. The summed E-state index contributed by atoms with van der Waals surface area (Å²) in [4.78, 5) is 43.8. The summed E-state index contributed by atoms with van der Waals surface area (Å²) in [6, 6.07) is 17.2. The molecule has 0 saturated carbocycles. The first kappa shape index (κ1) is 22.8. The highest BCUT2D eigenvalue weighted by Crippen LogP contribution is 2.22. The molecular formula is C26H31N3O4. The normalized spacial score (nSPS) is 18.9. The van der Waals surface area contributed by atoms with Gasteiger partial charge >= 0.3 is 0 Å². The molecule has 0 unspecified atom stereocenters. The second-order valence-corrected chi connectivity index (χ2v) is 8.66. The van der Waals surface area contributed by atoms with Gasteiger partial charge in [0.2, 0.25) is 11.8 Å². The van der Waals surface area contributed by atoms with Crippen LogP contribution in [-0.4, -0.2) is 78.8 Å². The first-order valence-electron chi connectivity index (χ1n) is 11.6. The van der Waals surface area contributed by atoms with Crippen LogP contribution in [0.5, 0.6) is 5.75 Å². The van der Waals surface area contributed by atoms with Crippen LogP contribution >= 0.6 is 0 Å². The zero-order valence-corrected chi connectivity index (χ0v) is 19.1. The van der Waals surface area contributed by atoms with Crippen LogP contribution in [0.25, 0.3) is 0 Å². The number of piperidine rings is 1. The highest BCUT2D eigenvalue weighted by Gasteiger charge is 2.34. The topological polar surface area (TPSA) is 70.2 Å². The third kappa shape index (κ3) is 5.53. The second kappa shape index (κ2) is 10.5. The van der Waals surface area contributed by atoms with E-state index < -0.39 is 0 Å². The zero-order chi connectivity index (χ0) is 23.2. The van der Waals surface area contributed by atoms with Crippen LogP contribution in [-0.2, 0) is 16.0 Å². The van der Waals surface area contributed by atoms with Gasteiger partial charge in [-0.2, -0.15) is 0 Å². The molecule has 7 heteroatoms. The van der Waals surface area contributed by atoms with Crippen LogP contribution in [0.4, 0.5) is 0 Å². The molecule has 0 N–H and O–H groups in total. The Morgan fingerprint density at radius 1 is 0.939 bits per heavy atom. The van der Waals surface area contributed by atoms with Gasteiger partial charge in [-0.1, -0.05) is 30.3 Å². The number of carbonyl (C=O) groups excluding carboxylic acids is 3. The van der Waals surface area contributed by atoms with Crippen molar-refractivity contribution in [3.8, 4) is 5.75 Å². The lowest BCUT2D eigenvalue weighted by Gasteiger charge is -2.39. The standard InChI is InChI=1S/C26H31N3O4/c1-33-23-10-7-21(8-11-23)25(31)27-15-17-28(18-16-27)26(32)22-9-12-24(30)29(19-22)14-13-20-5-3-2-4-6-20/h2-8,10-11,22H,9,12-19H2,1H3/t22-/m1/s1. The molecule has 0 radical (unpaired) electrons. The molecule has 1 atom stereocenters. The van der Waals surface area contributed by atoms with E-state index in [1.54, 1.807) is 36.3 Å². The molecule has 174 valence electrons. The van der Waals surface area contributed by atoms with E-state index in [2.05, 4.69) is 12.1 Å².